The number of amides is 1. The predicted molar refractivity (Wildman–Crippen MR) is 75.0 cm³/mol. The number of carbonyl (C=O) groups is 1. The van der Waals surface area contributed by atoms with Crippen LogP contribution in [0.4, 0.5) is 0 Å². The summed E-state index contributed by atoms with van der Waals surface area (Å²) in [4.78, 5) is 11.2. The summed E-state index contributed by atoms with van der Waals surface area (Å²) in [6.07, 6.45) is -1.98. The highest BCUT2D eigenvalue weighted by Crippen LogP contribution is 2.18. The van der Waals surface area contributed by atoms with Crippen molar-refractivity contribution in [3.05, 3.63) is 29.3 Å². The van der Waals surface area contributed by atoms with Crippen LogP contribution in [-0.4, -0.2) is 46.1 Å². The van der Waals surface area contributed by atoms with Gasteiger partial charge >= 0.3 is 0 Å². The molecule has 1 rings (SSSR count). The van der Waals surface area contributed by atoms with Gasteiger partial charge in [-0.15, -0.1) is 0 Å². The summed E-state index contributed by atoms with van der Waals surface area (Å²) in [6, 6.07) is 4.77. The van der Waals surface area contributed by atoms with Crippen LogP contribution in [0.2, 0.25) is 0 Å². The lowest BCUT2D eigenvalue weighted by molar-refractivity contribution is -0.128. The number of aryl methyl sites for hydroxylation is 1. The Hall–Kier alpha value is -2.32. The number of nitrogens with zero attached hydrogens (tertiary/aromatic N) is 1. The first-order chi connectivity index (χ1) is 9.88. The van der Waals surface area contributed by atoms with Crippen LogP contribution in [0.25, 0.3) is 0 Å². The molecule has 2 atom stereocenters. The number of aliphatic hydroxyl groups is 2. The fraction of sp³-hybridized carbons (Fsp3) is 0.385. The molecule has 8 heteroatoms. The minimum absolute atomic E-state index is 0.0280. The second-order valence-electron chi connectivity index (χ2n) is 4.47. The van der Waals surface area contributed by atoms with E-state index in [0.29, 0.717) is 16.9 Å². The van der Waals surface area contributed by atoms with Crippen molar-refractivity contribution in [1.82, 2.24) is 5.32 Å². The topological polar surface area (TPSA) is 137 Å². The molecule has 0 aliphatic rings. The van der Waals surface area contributed by atoms with E-state index in [-0.39, 0.29) is 5.84 Å². The number of hydrogen-bond acceptors (Lipinski definition) is 6. The van der Waals surface area contributed by atoms with E-state index in [9.17, 15) is 9.90 Å². The molecular weight excluding hydrogens is 278 g/mol. The number of amidine groups is 1. The molecule has 0 saturated carbocycles. The Morgan fingerprint density at radius 3 is 2.67 bits per heavy atom. The van der Waals surface area contributed by atoms with Crippen LogP contribution < -0.4 is 15.8 Å². The van der Waals surface area contributed by atoms with E-state index in [0.717, 1.165) is 0 Å². The summed E-state index contributed by atoms with van der Waals surface area (Å²) in [5.41, 5.74) is 6.75. The standard InChI is InChI=1S/C13H19N3O5/c1-7-5-9(3-4-10(7)12(14)16-20)21-13(8(2)18)15-11(19)6-17/h3-5,8,13,17-18,20H,6H2,1-2H3,(H2,14,16)(H,15,19)/t8?,13-/m0/s1. The quantitative estimate of drug-likeness (QED) is 0.154. The molecule has 0 bridgehead atoms. The highest BCUT2D eigenvalue weighted by Gasteiger charge is 2.19. The van der Waals surface area contributed by atoms with E-state index in [1.807, 2.05) is 0 Å². The average Bonchev–Trinajstić information content (AvgIpc) is 2.45. The zero-order valence-corrected chi connectivity index (χ0v) is 11.8. The SMILES string of the molecule is Cc1cc(O[C@H](NC(=O)CO)C(C)O)ccc1C(N)=NO. The largest absolute Gasteiger partial charge is 0.468 e. The van der Waals surface area contributed by atoms with Crippen LogP contribution in [0.1, 0.15) is 18.1 Å². The first-order valence-electron chi connectivity index (χ1n) is 6.22. The van der Waals surface area contributed by atoms with Crippen molar-refractivity contribution in [1.29, 1.82) is 0 Å². The van der Waals surface area contributed by atoms with Gasteiger partial charge in [0, 0.05) is 5.56 Å². The van der Waals surface area contributed by atoms with E-state index >= 15 is 0 Å². The van der Waals surface area contributed by atoms with Crippen molar-refractivity contribution in [2.75, 3.05) is 6.61 Å². The third kappa shape index (κ3) is 4.62. The zero-order valence-electron chi connectivity index (χ0n) is 11.8. The van der Waals surface area contributed by atoms with Gasteiger partial charge in [0.1, 0.15) is 18.5 Å². The molecule has 0 aromatic heterocycles. The van der Waals surface area contributed by atoms with Crippen molar-refractivity contribution in [2.24, 2.45) is 10.9 Å². The summed E-state index contributed by atoms with van der Waals surface area (Å²) >= 11 is 0. The van der Waals surface area contributed by atoms with Gasteiger partial charge < -0.3 is 31.2 Å². The molecule has 116 valence electrons. The minimum Gasteiger partial charge on any atom is -0.468 e. The van der Waals surface area contributed by atoms with Gasteiger partial charge in [-0.1, -0.05) is 5.16 Å². The first kappa shape index (κ1) is 16.7. The highest BCUT2D eigenvalue weighted by atomic mass is 16.5. The molecule has 0 aliphatic heterocycles. The number of hydrogen-bond donors (Lipinski definition) is 5. The molecule has 0 spiro atoms. The fourth-order valence-electron chi connectivity index (χ4n) is 1.65. The summed E-state index contributed by atoms with van der Waals surface area (Å²) in [5.74, 6) is -0.309. The molecule has 1 aromatic carbocycles. The highest BCUT2D eigenvalue weighted by molar-refractivity contribution is 5.98. The van der Waals surface area contributed by atoms with Gasteiger partial charge in [0.25, 0.3) is 0 Å². The maximum atomic E-state index is 11.2. The van der Waals surface area contributed by atoms with Crippen LogP contribution >= 0.6 is 0 Å². The summed E-state index contributed by atoms with van der Waals surface area (Å²) in [7, 11) is 0. The summed E-state index contributed by atoms with van der Waals surface area (Å²) in [6.45, 7) is 2.48. The minimum atomic E-state index is -1.00. The predicted octanol–water partition coefficient (Wildman–Crippen LogP) is -0.716. The van der Waals surface area contributed by atoms with E-state index in [2.05, 4.69) is 10.5 Å². The molecule has 21 heavy (non-hydrogen) atoms. The Morgan fingerprint density at radius 2 is 2.19 bits per heavy atom. The van der Waals surface area contributed by atoms with Crippen LogP contribution in [0.15, 0.2) is 23.4 Å². The molecule has 0 aliphatic carbocycles. The number of oxime groups is 1. The summed E-state index contributed by atoms with van der Waals surface area (Å²) in [5, 5.41) is 32.2. The molecule has 0 fully saturated rings. The molecular formula is C13H19N3O5. The summed E-state index contributed by atoms with van der Waals surface area (Å²) < 4.78 is 5.46. The van der Waals surface area contributed by atoms with Gasteiger partial charge in [-0.2, -0.15) is 0 Å². The van der Waals surface area contributed by atoms with Gasteiger partial charge in [-0.05, 0) is 37.6 Å². The average molecular weight is 297 g/mol. The van der Waals surface area contributed by atoms with Crippen LogP contribution in [0.3, 0.4) is 0 Å². The molecule has 6 N–H and O–H groups in total. The van der Waals surface area contributed by atoms with Gasteiger partial charge in [0.05, 0.1) is 0 Å². The molecule has 1 amide bonds. The van der Waals surface area contributed by atoms with Gasteiger partial charge in [0.2, 0.25) is 5.91 Å². The van der Waals surface area contributed by atoms with E-state index in [1.165, 1.54) is 6.92 Å². The Bertz CT molecular complexity index is 531. The van der Waals surface area contributed by atoms with Crippen molar-refractivity contribution < 1.29 is 25.0 Å². The number of benzene rings is 1. The Labute approximate surface area is 121 Å². The number of aliphatic hydroxyl groups excluding tert-OH is 2. The van der Waals surface area contributed by atoms with Gasteiger partial charge in [-0.25, -0.2) is 0 Å². The second-order valence-corrected chi connectivity index (χ2v) is 4.47. The third-order valence-corrected chi connectivity index (χ3v) is 2.73. The van der Waals surface area contributed by atoms with E-state index in [4.69, 9.17) is 20.8 Å². The van der Waals surface area contributed by atoms with E-state index in [1.54, 1.807) is 25.1 Å². The number of ether oxygens (including phenoxy) is 1. The maximum Gasteiger partial charge on any atom is 0.248 e. The molecule has 8 nitrogen and oxygen atoms in total. The zero-order chi connectivity index (χ0) is 16.0. The molecule has 1 aromatic rings. The normalized spacial score (nSPS) is 14.4. The van der Waals surface area contributed by atoms with Crippen molar-refractivity contribution in [3.8, 4) is 5.75 Å². The van der Waals surface area contributed by atoms with Crippen LogP contribution in [0, 0.1) is 6.92 Å². The molecule has 0 radical (unpaired) electrons. The monoisotopic (exact) mass is 297 g/mol. The Kier molecular flexibility index (Phi) is 5.94. The lowest BCUT2D eigenvalue weighted by Crippen LogP contribution is -2.47. The van der Waals surface area contributed by atoms with Crippen LogP contribution in [-0.2, 0) is 4.79 Å². The number of carbonyl (C=O) groups excluding carboxylic acids is 1. The fourth-order valence-corrected chi connectivity index (χ4v) is 1.65. The molecule has 1 unspecified atom stereocenters. The second kappa shape index (κ2) is 7.46. The third-order valence-electron chi connectivity index (χ3n) is 2.73. The van der Waals surface area contributed by atoms with Crippen LogP contribution in [0.5, 0.6) is 5.75 Å². The van der Waals surface area contributed by atoms with Crippen molar-refractivity contribution in [2.45, 2.75) is 26.2 Å². The number of nitrogens with two attached hydrogens (primary N) is 1. The lowest BCUT2D eigenvalue weighted by Gasteiger charge is -2.23. The number of nitrogens with one attached hydrogen (secondary N) is 1. The maximum absolute atomic E-state index is 11.2. The molecule has 0 saturated heterocycles. The van der Waals surface area contributed by atoms with Gasteiger partial charge in [-0.3, -0.25) is 4.79 Å². The van der Waals surface area contributed by atoms with E-state index < -0.39 is 24.8 Å². The van der Waals surface area contributed by atoms with Crippen molar-refractivity contribution in [3.63, 3.8) is 0 Å². The number of rotatable bonds is 6. The van der Waals surface area contributed by atoms with Gasteiger partial charge in [0.15, 0.2) is 12.1 Å². The van der Waals surface area contributed by atoms with Crippen molar-refractivity contribution >= 4 is 11.7 Å². The molecule has 0 heterocycles. The Morgan fingerprint density at radius 1 is 1.52 bits per heavy atom. The first-order valence-corrected chi connectivity index (χ1v) is 6.22. The Balaban J connectivity index is 2.90. The lowest BCUT2D eigenvalue weighted by atomic mass is 10.1. The smallest absolute Gasteiger partial charge is 0.248 e.